The molecule has 27 heavy (non-hydrogen) atoms. The second-order valence-electron chi connectivity index (χ2n) is 6.16. The molecule has 0 N–H and O–H groups in total. The van der Waals surface area contributed by atoms with Gasteiger partial charge in [-0.25, -0.2) is 13.0 Å². The fraction of sp³-hybridized carbons (Fsp3) is 0.471. The highest BCUT2D eigenvalue weighted by Crippen LogP contribution is 2.23. The Morgan fingerprint density at radius 1 is 1.15 bits per heavy atom. The summed E-state index contributed by atoms with van der Waals surface area (Å²) in [7, 11) is -4.14. The molecular weight excluding hydrogens is 388 g/mol. The Bertz CT molecular complexity index is 859. The summed E-state index contributed by atoms with van der Waals surface area (Å²) in [5.41, 5.74) is 1.92. The van der Waals surface area contributed by atoms with Crippen molar-refractivity contribution in [1.29, 1.82) is 0 Å². The number of aromatic nitrogens is 1. The summed E-state index contributed by atoms with van der Waals surface area (Å²) in [6.45, 7) is 3.89. The molecule has 8 nitrogen and oxygen atoms in total. The Balaban J connectivity index is 1.55. The Morgan fingerprint density at radius 2 is 1.89 bits per heavy atom. The number of hydrogen-bond donors (Lipinski definition) is 0. The highest BCUT2D eigenvalue weighted by molar-refractivity contribution is 7.85. The molecule has 3 rings (SSSR count). The highest BCUT2D eigenvalue weighted by atomic mass is 32.2. The van der Waals surface area contributed by atoms with Crippen LogP contribution in [0.15, 0.2) is 46.1 Å². The molecule has 1 saturated heterocycles. The van der Waals surface area contributed by atoms with E-state index in [9.17, 15) is 13.0 Å². The third-order valence-corrected chi connectivity index (χ3v) is 5.75. The molecule has 1 aliphatic rings. The lowest BCUT2D eigenvalue weighted by molar-refractivity contribution is -0.680. The number of thiazole rings is 1. The normalized spacial score (nSPS) is 15.5. The molecule has 1 aromatic carbocycles. The van der Waals surface area contributed by atoms with Gasteiger partial charge < -0.3 is 14.2 Å². The van der Waals surface area contributed by atoms with Crippen molar-refractivity contribution < 1.29 is 22.3 Å². The number of rotatable bonds is 8. The molecule has 0 aliphatic carbocycles. The van der Waals surface area contributed by atoms with Crippen molar-refractivity contribution >= 4 is 38.0 Å². The summed E-state index contributed by atoms with van der Waals surface area (Å²) >= 11 is 1.46. The molecule has 1 aliphatic heterocycles. The number of azo groups is 1. The Labute approximate surface area is 162 Å². The molecule has 0 spiro atoms. The van der Waals surface area contributed by atoms with Crippen LogP contribution in [0.3, 0.4) is 0 Å². The third-order valence-electron chi connectivity index (χ3n) is 4.18. The van der Waals surface area contributed by atoms with Crippen molar-refractivity contribution in [2.75, 3.05) is 37.0 Å². The molecule has 0 radical (unpaired) electrons. The molecular formula is C17H22N4O4S2. The van der Waals surface area contributed by atoms with Gasteiger partial charge in [0.05, 0.1) is 35.0 Å². The smallest absolute Gasteiger partial charge is 0.408 e. The fourth-order valence-electron chi connectivity index (χ4n) is 2.76. The highest BCUT2D eigenvalue weighted by Gasteiger charge is 2.13. The first kappa shape index (κ1) is 19.9. The number of hydrogen-bond acceptors (Lipinski definition) is 8. The van der Waals surface area contributed by atoms with E-state index in [1.54, 1.807) is 0 Å². The second kappa shape index (κ2) is 9.36. The summed E-state index contributed by atoms with van der Waals surface area (Å²) in [5.74, 6) is -0.329. The van der Waals surface area contributed by atoms with Crippen LogP contribution in [0, 0.1) is 0 Å². The van der Waals surface area contributed by atoms with Gasteiger partial charge in [0.15, 0.2) is 0 Å². The van der Waals surface area contributed by atoms with Crippen LogP contribution >= 0.6 is 11.3 Å². The summed E-state index contributed by atoms with van der Waals surface area (Å²) in [4.78, 5) is 2.28. The lowest BCUT2D eigenvalue weighted by Crippen LogP contribution is -2.36. The van der Waals surface area contributed by atoms with E-state index in [2.05, 4.69) is 15.1 Å². The number of ether oxygens (including phenoxy) is 1. The van der Waals surface area contributed by atoms with E-state index >= 15 is 0 Å². The van der Waals surface area contributed by atoms with Gasteiger partial charge in [0, 0.05) is 29.9 Å². The van der Waals surface area contributed by atoms with Crippen molar-refractivity contribution in [3.05, 3.63) is 35.8 Å². The van der Waals surface area contributed by atoms with E-state index in [1.807, 2.05) is 40.4 Å². The predicted molar refractivity (Wildman–Crippen MR) is 102 cm³/mol. The average Bonchev–Trinajstić information content (AvgIpc) is 3.11. The molecule has 1 aromatic heterocycles. The van der Waals surface area contributed by atoms with Crippen LogP contribution in [0.5, 0.6) is 0 Å². The summed E-state index contributed by atoms with van der Waals surface area (Å²) in [6.07, 6.45) is 2.82. The van der Waals surface area contributed by atoms with Gasteiger partial charge >= 0.3 is 5.13 Å². The Morgan fingerprint density at radius 3 is 2.59 bits per heavy atom. The number of morpholine rings is 1. The summed E-state index contributed by atoms with van der Waals surface area (Å²) < 4.78 is 39.2. The van der Waals surface area contributed by atoms with Crippen molar-refractivity contribution in [3.63, 3.8) is 0 Å². The lowest BCUT2D eigenvalue weighted by Gasteiger charge is -2.28. The number of nitrogens with zero attached hydrogens (tertiary/aromatic N) is 4. The van der Waals surface area contributed by atoms with Gasteiger partial charge in [-0.1, -0.05) is 0 Å². The van der Waals surface area contributed by atoms with E-state index in [-0.39, 0.29) is 5.75 Å². The van der Waals surface area contributed by atoms with Gasteiger partial charge in [-0.15, -0.1) is 0 Å². The van der Waals surface area contributed by atoms with Crippen LogP contribution in [0.1, 0.15) is 12.8 Å². The van der Waals surface area contributed by atoms with Crippen molar-refractivity contribution in [3.8, 4) is 0 Å². The van der Waals surface area contributed by atoms with Crippen LogP contribution in [0.2, 0.25) is 0 Å². The predicted octanol–water partition coefficient (Wildman–Crippen LogP) is 2.61. The second-order valence-corrected chi connectivity index (χ2v) is 8.56. The minimum atomic E-state index is -4.14. The zero-order chi connectivity index (χ0) is 19.1. The largest absolute Gasteiger partial charge is 0.748 e. The van der Waals surface area contributed by atoms with Gasteiger partial charge in [0.1, 0.15) is 11.9 Å². The molecule has 0 saturated carbocycles. The maximum absolute atomic E-state index is 10.6. The zero-order valence-corrected chi connectivity index (χ0v) is 16.5. The van der Waals surface area contributed by atoms with Crippen LogP contribution in [0.25, 0.3) is 0 Å². The van der Waals surface area contributed by atoms with E-state index in [0.717, 1.165) is 42.8 Å². The molecule has 10 heteroatoms. The zero-order valence-electron chi connectivity index (χ0n) is 14.9. The van der Waals surface area contributed by atoms with Gasteiger partial charge in [0.2, 0.25) is 0 Å². The monoisotopic (exact) mass is 410 g/mol. The van der Waals surface area contributed by atoms with Crippen LogP contribution in [0.4, 0.5) is 16.5 Å². The van der Waals surface area contributed by atoms with E-state index < -0.39 is 10.1 Å². The van der Waals surface area contributed by atoms with E-state index in [4.69, 9.17) is 4.74 Å². The van der Waals surface area contributed by atoms with Crippen LogP contribution in [-0.2, 0) is 21.4 Å². The Hall–Kier alpha value is -1.88. The standard InChI is InChI=1S/C17H22N4O4S2/c22-27(23,24)14-2-1-7-21-10-13-26-17(21)19-18-15-3-5-16(6-4-15)20-8-11-25-12-9-20/h3-6,10,13H,1-2,7-9,11-12,14H2. The van der Waals surface area contributed by atoms with Gasteiger partial charge in [0.25, 0.3) is 0 Å². The first-order chi connectivity index (χ1) is 13.0. The molecule has 146 valence electrons. The molecule has 0 amide bonds. The molecule has 0 atom stereocenters. The molecule has 2 aromatic rings. The first-order valence-corrected chi connectivity index (χ1v) is 11.2. The molecule has 1 fully saturated rings. The van der Waals surface area contributed by atoms with Crippen LogP contribution in [-0.4, -0.2) is 45.0 Å². The van der Waals surface area contributed by atoms with Crippen molar-refractivity contribution in [1.82, 2.24) is 0 Å². The quantitative estimate of drug-likeness (QED) is 0.288. The minimum Gasteiger partial charge on any atom is -0.748 e. The van der Waals surface area contributed by atoms with E-state index in [0.29, 0.717) is 19.4 Å². The number of aryl methyl sites for hydroxylation is 1. The first-order valence-electron chi connectivity index (χ1n) is 8.76. The maximum atomic E-state index is 10.6. The van der Waals surface area contributed by atoms with Gasteiger partial charge in [-0.2, -0.15) is 0 Å². The third kappa shape index (κ3) is 6.35. The lowest BCUT2D eigenvalue weighted by atomic mass is 10.2. The van der Waals surface area contributed by atoms with E-state index in [1.165, 1.54) is 11.3 Å². The summed E-state index contributed by atoms with van der Waals surface area (Å²) in [6, 6.07) is 7.94. The minimum absolute atomic E-state index is 0.329. The van der Waals surface area contributed by atoms with Gasteiger partial charge in [-0.3, -0.25) is 0 Å². The van der Waals surface area contributed by atoms with Crippen LogP contribution < -0.4 is 9.47 Å². The number of anilines is 1. The van der Waals surface area contributed by atoms with Crippen molar-refractivity contribution in [2.24, 2.45) is 10.2 Å². The SMILES string of the molecule is O=S(=O)([O-])CCCC[n+]1ccsc1N=Nc1ccc(N2CCOCC2)cc1. The molecule has 0 bridgehead atoms. The number of benzene rings is 1. The van der Waals surface area contributed by atoms with Gasteiger partial charge in [-0.05, 0) is 53.6 Å². The topological polar surface area (TPSA) is 98.3 Å². The fourth-order valence-corrected chi connectivity index (χ4v) is 4.02. The maximum Gasteiger partial charge on any atom is 0.408 e. The molecule has 2 heterocycles. The molecule has 0 unspecified atom stereocenters. The average molecular weight is 411 g/mol. The number of unbranched alkanes of at least 4 members (excludes halogenated alkanes) is 1. The Kier molecular flexibility index (Phi) is 6.89. The summed E-state index contributed by atoms with van der Waals surface area (Å²) in [5, 5.41) is 11.2. The van der Waals surface area contributed by atoms with Crippen molar-refractivity contribution in [2.45, 2.75) is 19.4 Å².